The monoisotopic (exact) mass is 222 g/mol. The summed E-state index contributed by atoms with van der Waals surface area (Å²) in [7, 11) is -3.44. The van der Waals surface area contributed by atoms with Gasteiger partial charge in [0.2, 0.25) is 9.84 Å². The van der Waals surface area contributed by atoms with Crippen LogP contribution in [0.25, 0.3) is 0 Å². The molecule has 0 saturated heterocycles. The van der Waals surface area contributed by atoms with Crippen molar-refractivity contribution in [3.05, 3.63) is 42.4 Å². The van der Waals surface area contributed by atoms with Crippen LogP contribution in [0.15, 0.2) is 46.7 Å². The Morgan fingerprint density at radius 1 is 1.27 bits per heavy atom. The van der Waals surface area contributed by atoms with Crippen molar-refractivity contribution in [3.63, 3.8) is 0 Å². The predicted octanol–water partition coefficient (Wildman–Crippen LogP) is 1.55. The molecule has 0 spiro atoms. The van der Waals surface area contributed by atoms with Crippen LogP contribution in [0, 0.1) is 6.92 Å². The van der Waals surface area contributed by atoms with Gasteiger partial charge in [-0.2, -0.15) is 0 Å². The Hall–Kier alpha value is -1.62. The van der Waals surface area contributed by atoms with Crippen LogP contribution < -0.4 is 0 Å². The first-order chi connectivity index (χ1) is 7.12. The average Bonchev–Trinajstić information content (AvgIpc) is 2.71. The van der Waals surface area contributed by atoms with E-state index >= 15 is 0 Å². The van der Waals surface area contributed by atoms with Gasteiger partial charge in [-0.1, -0.05) is 18.2 Å². The van der Waals surface area contributed by atoms with E-state index < -0.39 is 9.84 Å². The summed E-state index contributed by atoms with van der Waals surface area (Å²) in [4.78, 5) is 6.63. The van der Waals surface area contributed by atoms with Gasteiger partial charge >= 0.3 is 0 Å². The molecule has 2 aromatic rings. The van der Waals surface area contributed by atoms with Crippen LogP contribution in [0.3, 0.4) is 0 Å². The number of hydrogen-bond acceptors (Lipinski definition) is 3. The maximum absolute atomic E-state index is 12.0. The second kappa shape index (κ2) is 3.51. The number of sulfone groups is 1. The van der Waals surface area contributed by atoms with Crippen molar-refractivity contribution in [1.29, 1.82) is 0 Å². The number of H-pyrrole nitrogens is 1. The zero-order valence-corrected chi connectivity index (χ0v) is 8.95. The van der Waals surface area contributed by atoms with Gasteiger partial charge in [-0.15, -0.1) is 0 Å². The summed E-state index contributed by atoms with van der Waals surface area (Å²) >= 11 is 0. The Labute approximate surface area is 87.9 Å². The number of nitrogens with zero attached hydrogens (tertiary/aromatic N) is 1. The van der Waals surface area contributed by atoms with Crippen molar-refractivity contribution in [2.75, 3.05) is 0 Å². The van der Waals surface area contributed by atoms with Crippen molar-refractivity contribution < 1.29 is 8.42 Å². The highest BCUT2D eigenvalue weighted by Gasteiger charge is 2.20. The molecule has 0 fully saturated rings. The minimum atomic E-state index is -3.44. The standard InChI is InChI=1S/C10H10N2O2S/c1-8-4-2-3-5-9(8)15(13,14)10-6-11-7-12-10/h2-7H,1H3,(H,11,12). The van der Waals surface area contributed by atoms with Crippen LogP contribution >= 0.6 is 0 Å². The zero-order valence-electron chi connectivity index (χ0n) is 8.14. The van der Waals surface area contributed by atoms with Gasteiger partial charge in [0, 0.05) is 0 Å². The summed E-state index contributed by atoms with van der Waals surface area (Å²) in [6.07, 6.45) is 2.66. The van der Waals surface area contributed by atoms with E-state index in [1.54, 1.807) is 31.2 Å². The lowest BCUT2D eigenvalue weighted by Crippen LogP contribution is -2.04. The number of benzene rings is 1. The minimum absolute atomic E-state index is 0.122. The van der Waals surface area contributed by atoms with Gasteiger partial charge in [-0.25, -0.2) is 13.4 Å². The van der Waals surface area contributed by atoms with E-state index in [9.17, 15) is 8.42 Å². The van der Waals surface area contributed by atoms with Crippen LogP contribution in [0.5, 0.6) is 0 Å². The molecule has 2 rings (SSSR count). The molecule has 0 saturated carbocycles. The molecule has 4 nitrogen and oxygen atoms in total. The summed E-state index contributed by atoms with van der Waals surface area (Å²) in [5.41, 5.74) is 0.729. The first kappa shape index (κ1) is 9.92. The summed E-state index contributed by atoms with van der Waals surface area (Å²) < 4.78 is 24.1. The molecule has 0 atom stereocenters. The van der Waals surface area contributed by atoms with Crippen LogP contribution in [0.2, 0.25) is 0 Å². The van der Waals surface area contributed by atoms with Gasteiger partial charge in [-0.05, 0) is 18.6 Å². The molecule has 15 heavy (non-hydrogen) atoms. The maximum Gasteiger partial charge on any atom is 0.223 e. The third-order valence-electron chi connectivity index (χ3n) is 2.15. The molecule has 1 aromatic carbocycles. The third-order valence-corrected chi connectivity index (χ3v) is 3.99. The van der Waals surface area contributed by atoms with Gasteiger partial charge < -0.3 is 4.98 Å². The van der Waals surface area contributed by atoms with Gasteiger partial charge in [0.15, 0.2) is 5.03 Å². The van der Waals surface area contributed by atoms with E-state index in [-0.39, 0.29) is 5.03 Å². The van der Waals surface area contributed by atoms with E-state index in [2.05, 4.69) is 9.97 Å². The molecule has 0 aliphatic heterocycles. The Morgan fingerprint density at radius 2 is 2.00 bits per heavy atom. The number of aryl methyl sites for hydroxylation is 1. The van der Waals surface area contributed by atoms with E-state index in [0.29, 0.717) is 4.90 Å². The van der Waals surface area contributed by atoms with E-state index in [0.717, 1.165) is 5.56 Å². The van der Waals surface area contributed by atoms with Gasteiger partial charge in [-0.3, -0.25) is 0 Å². The Bertz CT molecular complexity index is 559. The highest BCUT2D eigenvalue weighted by atomic mass is 32.2. The third kappa shape index (κ3) is 1.66. The van der Waals surface area contributed by atoms with Crippen LogP contribution in [-0.4, -0.2) is 18.4 Å². The van der Waals surface area contributed by atoms with Gasteiger partial charge in [0.1, 0.15) is 0 Å². The normalized spacial score (nSPS) is 11.5. The van der Waals surface area contributed by atoms with Crippen LogP contribution in [-0.2, 0) is 9.84 Å². The first-order valence-corrected chi connectivity index (χ1v) is 5.90. The first-order valence-electron chi connectivity index (χ1n) is 4.41. The average molecular weight is 222 g/mol. The lowest BCUT2D eigenvalue weighted by atomic mass is 10.2. The molecule has 0 aliphatic rings. The summed E-state index contributed by atoms with van der Waals surface area (Å²) in [5, 5.41) is 0.122. The maximum atomic E-state index is 12.0. The van der Waals surface area contributed by atoms with Crippen molar-refractivity contribution in [2.45, 2.75) is 16.8 Å². The molecule has 0 aliphatic carbocycles. The Balaban J connectivity index is 2.62. The van der Waals surface area contributed by atoms with Crippen molar-refractivity contribution in [2.24, 2.45) is 0 Å². The van der Waals surface area contributed by atoms with Crippen LogP contribution in [0.4, 0.5) is 0 Å². The smallest absolute Gasteiger partial charge is 0.223 e. The van der Waals surface area contributed by atoms with E-state index in [1.807, 2.05) is 0 Å². The predicted molar refractivity (Wildman–Crippen MR) is 55.2 cm³/mol. The number of imidazole rings is 1. The molecule has 1 aromatic heterocycles. The topological polar surface area (TPSA) is 62.8 Å². The molecule has 5 heteroatoms. The number of hydrogen-bond donors (Lipinski definition) is 1. The summed E-state index contributed by atoms with van der Waals surface area (Å²) in [6.45, 7) is 1.77. The fourth-order valence-corrected chi connectivity index (χ4v) is 2.76. The fraction of sp³-hybridized carbons (Fsp3) is 0.100. The Kier molecular flexibility index (Phi) is 2.32. The molecule has 0 bridgehead atoms. The number of aromatic nitrogens is 2. The zero-order chi connectivity index (χ0) is 10.9. The molecular weight excluding hydrogens is 212 g/mol. The van der Waals surface area contributed by atoms with E-state index in [4.69, 9.17) is 0 Å². The lowest BCUT2D eigenvalue weighted by Gasteiger charge is -2.04. The molecule has 0 unspecified atom stereocenters. The van der Waals surface area contributed by atoms with Gasteiger partial charge in [0.25, 0.3) is 0 Å². The fourth-order valence-electron chi connectivity index (χ4n) is 1.37. The van der Waals surface area contributed by atoms with E-state index in [1.165, 1.54) is 12.5 Å². The highest BCUT2D eigenvalue weighted by Crippen LogP contribution is 2.21. The van der Waals surface area contributed by atoms with Crippen molar-refractivity contribution in [1.82, 2.24) is 9.97 Å². The summed E-state index contributed by atoms with van der Waals surface area (Å²) in [6, 6.07) is 6.87. The summed E-state index contributed by atoms with van der Waals surface area (Å²) in [5.74, 6) is 0. The molecule has 78 valence electrons. The van der Waals surface area contributed by atoms with Gasteiger partial charge in [0.05, 0.1) is 17.4 Å². The lowest BCUT2D eigenvalue weighted by molar-refractivity contribution is 0.592. The molecular formula is C10H10N2O2S. The number of rotatable bonds is 2. The van der Waals surface area contributed by atoms with Crippen molar-refractivity contribution in [3.8, 4) is 0 Å². The van der Waals surface area contributed by atoms with Crippen molar-refractivity contribution >= 4 is 9.84 Å². The SMILES string of the molecule is Cc1ccccc1S(=O)(=O)c1cnc[nH]1. The number of nitrogens with one attached hydrogen (secondary N) is 1. The highest BCUT2D eigenvalue weighted by molar-refractivity contribution is 7.91. The minimum Gasteiger partial charge on any atom is -0.335 e. The molecule has 1 heterocycles. The quantitative estimate of drug-likeness (QED) is 0.838. The second-order valence-corrected chi connectivity index (χ2v) is 5.07. The largest absolute Gasteiger partial charge is 0.335 e. The second-order valence-electron chi connectivity index (χ2n) is 3.18. The Morgan fingerprint density at radius 3 is 2.60 bits per heavy atom. The number of aromatic amines is 1. The molecule has 0 amide bonds. The molecule has 0 radical (unpaired) electrons. The van der Waals surface area contributed by atoms with Crippen LogP contribution in [0.1, 0.15) is 5.56 Å². The molecule has 1 N–H and O–H groups in total.